The molecule has 6 nitrogen and oxygen atoms in total. The molecule has 0 aromatic carbocycles. The van der Waals surface area contributed by atoms with Crippen LogP contribution in [-0.4, -0.2) is 38.4 Å². The zero-order valence-corrected chi connectivity index (χ0v) is 9.66. The summed E-state index contributed by atoms with van der Waals surface area (Å²) >= 11 is 0. The van der Waals surface area contributed by atoms with E-state index in [1.165, 1.54) is 12.4 Å². The topological polar surface area (TPSA) is 84.1 Å². The van der Waals surface area contributed by atoms with Crippen molar-refractivity contribution in [2.45, 2.75) is 17.7 Å². The molecule has 0 bridgehead atoms. The molecule has 1 unspecified atom stereocenters. The van der Waals surface area contributed by atoms with E-state index in [0.29, 0.717) is 13.2 Å². The highest BCUT2D eigenvalue weighted by atomic mass is 32.2. The molecule has 1 aliphatic heterocycles. The lowest BCUT2D eigenvalue weighted by molar-refractivity contribution is 0.0568. The summed E-state index contributed by atoms with van der Waals surface area (Å²) in [5.41, 5.74) is 0. The molecule has 1 aromatic rings. The van der Waals surface area contributed by atoms with Gasteiger partial charge in [0.25, 0.3) is 0 Å². The van der Waals surface area contributed by atoms with Gasteiger partial charge in [0, 0.05) is 19.3 Å². The Morgan fingerprint density at radius 2 is 2.50 bits per heavy atom. The van der Waals surface area contributed by atoms with Gasteiger partial charge in [-0.15, -0.1) is 0 Å². The third kappa shape index (κ3) is 2.81. The monoisotopic (exact) mass is 245 g/mol. The molecule has 0 aliphatic carbocycles. The van der Waals surface area contributed by atoms with Crippen LogP contribution in [0.1, 0.15) is 12.8 Å². The first-order valence-electron chi connectivity index (χ1n) is 5.25. The third-order valence-electron chi connectivity index (χ3n) is 2.60. The molecule has 1 aromatic heterocycles. The lowest BCUT2D eigenvalue weighted by atomic mass is 10.0. The molecule has 1 fully saturated rings. The summed E-state index contributed by atoms with van der Waals surface area (Å²) < 4.78 is 31.3. The molecule has 0 saturated carbocycles. The highest BCUT2D eigenvalue weighted by molar-refractivity contribution is 7.89. The van der Waals surface area contributed by atoms with Gasteiger partial charge >= 0.3 is 0 Å². The van der Waals surface area contributed by atoms with E-state index in [2.05, 4.69) is 14.9 Å². The van der Waals surface area contributed by atoms with Crippen molar-refractivity contribution in [3.05, 3.63) is 12.4 Å². The van der Waals surface area contributed by atoms with Crippen molar-refractivity contribution in [2.75, 3.05) is 19.8 Å². The predicted octanol–water partition coefficient (Wildman–Crippen LogP) is 0.115. The summed E-state index contributed by atoms with van der Waals surface area (Å²) in [6, 6.07) is 0. The zero-order valence-electron chi connectivity index (χ0n) is 8.85. The number of hydrogen-bond donors (Lipinski definition) is 2. The number of ether oxygens (including phenoxy) is 1. The van der Waals surface area contributed by atoms with E-state index in [4.69, 9.17) is 4.74 Å². The van der Waals surface area contributed by atoms with Crippen molar-refractivity contribution in [3.63, 3.8) is 0 Å². The molecule has 0 amide bonds. The fraction of sp³-hybridized carbons (Fsp3) is 0.667. The van der Waals surface area contributed by atoms with Gasteiger partial charge in [0.15, 0.2) is 0 Å². The first-order valence-corrected chi connectivity index (χ1v) is 6.73. The normalized spacial score (nSPS) is 22.1. The third-order valence-corrected chi connectivity index (χ3v) is 3.99. The molecule has 2 N–H and O–H groups in total. The minimum absolute atomic E-state index is 0.171. The Labute approximate surface area is 94.4 Å². The Hall–Kier alpha value is -0.920. The highest BCUT2D eigenvalue weighted by Crippen LogP contribution is 2.13. The molecule has 0 radical (unpaired) electrons. The molecule has 7 heteroatoms. The van der Waals surface area contributed by atoms with E-state index in [0.717, 1.165) is 19.4 Å². The van der Waals surface area contributed by atoms with Gasteiger partial charge in [-0.1, -0.05) is 0 Å². The number of rotatable bonds is 4. The zero-order chi connectivity index (χ0) is 11.4. The van der Waals surface area contributed by atoms with E-state index in [9.17, 15) is 8.42 Å². The largest absolute Gasteiger partial charge is 0.381 e. The summed E-state index contributed by atoms with van der Waals surface area (Å²) in [4.78, 5) is 0.171. The van der Waals surface area contributed by atoms with Gasteiger partial charge in [0.2, 0.25) is 10.0 Å². The van der Waals surface area contributed by atoms with Gasteiger partial charge in [-0.2, -0.15) is 5.10 Å². The van der Waals surface area contributed by atoms with Gasteiger partial charge in [-0.05, 0) is 18.8 Å². The Morgan fingerprint density at radius 3 is 3.12 bits per heavy atom. The fourth-order valence-corrected chi connectivity index (χ4v) is 2.69. The van der Waals surface area contributed by atoms with Crippen molar-refractivity contribution in [3.8, 4) is 0 Å². The molecule has 1 aliphatic rings. The van der Waals surface area contributed by atoms with Crippen LogP contribution in [-0.2, 0) is 14.8 Å². The second-order valence-electron chi connectivity index (χ2n) is 3.87. The van der Waals surface area contributed by atoms with Crippen molar-refractivity contribution >= 4 is 10.0 Å². The van der Waals surface area contributed by atoms with Crippen LogP contribution in [0.25, 0.3) is 0 Å². The maximum absolute atomic E-state index is 11.7. The summed E-state index contributed by atoms with van der Waals surface area (Å²) in [6.45, 7) is 1.84. The average molecular weight is 245 g/mol. The highest BCUT2D eigenvalue weighted by Gasteiger charge is 2.19. The number of aromatic nitrogens is 2. The number of aromatic amines is 1. The van der Waals surface area contributed by atoms with Crippen LogP contribution in [0.4, 0.5) is 0 Å². The second-order valence-corrected chi connectivity index (χ2v) is 5.64. The van der Waals surface area contributed by atoms with E-state index in [-0.39, 0.29) is 10.8 Å². The lowest BCUT2D eigenvalue weighted by Crippen LogP contribution is -2.33. The Kier molecular flexibility index (Phi) is 3.57. The summed E-state index contributed by atoms with van der Waals surface area (Å²) in [7, 11) is -3.42. The maximum atomic E-state index is 11.7. The van der Waals surface area contributed by atoms with Crippen LogP contribution < -0.4 is 4.72 Å². The Bertz CT molecular complexity index is 409. The lowest BCUT2D eigenvalue weighted by Gasteiger charge is -2.21. The van der Waals surface area contributed by atoms with Gasteiger partial charge in [0.05, 0.1) is 12.8 Å². The van der Waals surface area contributed by atoms with E-state index in [1.807, 2.05) is 0 Å². The maximum Gasteiger partial charge on any atom is 0.243 e. The molecule has 2 rings (SSSR count). The SMILES string of the molecule is O=S(=O)(NCC1CCCOC1)c1cn[nH]c1. The first kappa shape index (κ1) is 11.6. The molecular formula is C9H15N3O3S. The standard InChI is InChI=1S/C9H15N3O3S/c13-16(14,9-5-10-11-6-9)12-4-8-2-1-3-15-7-8/h5-6,8,12H,1-4,7H2,(H,10,11). The summed E-state index contributed by atoms with van der Waals surface area (Å²) in [5.74, 6) is 0.274. The van der Waals surface area contributed by atoms with Crippen molar-refractivity contribution in [2.24, 2.45) is 5.92 Å². The average Bonchev–Trinajstić information content (AvgIpc) is 2.82. The molecule has 90 valence electrons. The fourth-order valence-electron chi connectivity index (χ4n) is 1.67. The van der Waals surface area contributed by atoms with Gasteiger partial charge in [0.1, 0.15) is 4.90 Å². The second kappa shape index (κ2) is 4.94. The van der Waals surface area contributed by atoms with Gasteiger partial charge in [-0.3, -0.25) is 5.10 Å². The minimum Gasteiger partial charge on any atom is -0.381 e. The van der Waals surface area contributed by atoms with Crippen molar-refractivity contribution < 1.29 is 13.2 Å². The van der Waals surface area contributed by atoms with Crippen LogP contribution in [0.5, 0.6) is 0 Å². The Morgan fingerprint density at radius 1 is 1.62 bits per heavy atom. The van der Waals surface area contributed by atoms with Crippen LogP contribution >= 0.6 is 0 Å². The van der Waals surface area contributed by atoms with Crippen LogP contribution in [0, 0.1) is 5.92 Å². The van der Waals surface area contributed by atoms with Gasteiger partial charge in [-0.25, -0.2) is 13.1 Å². The van der Waals surface area contributed by atoms with Crippen LogP contribution in [0.2, 0.25) is 0 Å². The number of sulfonamides is 1. The molecule has 16 heavy (non-hydrogen) atoms. The predicted molar refractivity (Wildman–Crippen MR) is 57.3 cm³/mol. The number of hydrogen-bond acceptors (Lipinski definition) is 4. The minimum atomic E-state index is -3.42. The summed E-state index contributed by atoms with van der Waals surface area (Å²) in [5, 5.41) is 6.09. The molecule has 0 spiro atoms. The smallest absolute Gasteiger partial charge is 0.243 e. The van der Waals surface area contributed by atoms with Crippen LogP contribution in [0.3, 0.4) is 0 Å². The quantitative estimate of drug-likeness (QED) is 0.789. The number of H-pyrrole nitrogens is 1. The summed E-state index contributed by atoms with van der Waals surface area (Å²) in [6.07, 6.45) is 4.66. The van der Waals surface area contributed by atoms with Crippen molar-refractivity contribution in [1.82, 2.24) is 14.9 Å². The molecular weight excluding hydrogens is 230 g/mol. The molecule has 1 saturated heterocycles. The van der Waals surface area contributed by atoms with Crippen molar-refractivity contribution in [1.29, 1.82) is 0 Å². The van der Waals surface area contributed by atoms with E-state index in [1.54, 1.807) is 0 Å². The first-order chi connectivity index (χ1) is 7.68. The van der Waals surface area contributed by atoms with E-state index < -0.39 is 10.0 Å². The number of nitrogens with one attached hydrogen (secondary N) is 2. The van der Waals surface area contributed by atoms with E-state index >= 15 is 0 Å². The Balaban J connectivity index is 1.89. The number of nitrogens with zero attached hydrogens (tertiary/aromatic N) is 1. The van der Waals surface area contributed by atoms with Gasteiger partial charge < -0.3 is 4.74 Å². The van der Waals surface area contributed by atoms with Crippen LogP contribution in [0.15, 0.2) is 17.3 Å². The molecule has 1 atom stereocenters. The molecule has 2 heterocycles.